The normalized spacial score (nSPS) is 16.5. The molecule has 1 aromatic carbocycles. The van der Waals surface area contributed by atoms with E-state index in [2.05, 4.69) is 4.72 Å². The summed E-state index contributed by atoms with van der Waals surface area (Å²) in [5.74, 6) is 1.21. The lowest BCUT2D eigenvalue weighted by molar-refractivity contribution is -0.133. The van der Waals surface area contributed by atoms with Crippen molar-refractivity contribution in [3.05, 3.63) is 47.4 Å². The van der Waals surface area contributed by atoms with Crippen LogP contribution in [0.5, 0.6) is 0 Å². The molecule has 2 aliphatic heterocycles. The monoisotopic (exact) mass is 473 g/mol. The first-order chi connectivity index (χ1) is 15.8. The maximum atomic E-state index is 12.8. The van der Waals surface area contributed by atoms with Crippen molar-refractivity contribution in [1.82, 2.24) is 9.62 Å². The maximum absolute atomic E-state index is 12.8. The predicted octanol–water partition coefficient (Wildman–Crippen LogP) is 3.14. The topological polar surface area (TPSA) is 99.9 Å². The van der Waals surface area contributed by atoms with E-state index in [1.54, 1.807) is 36.1 Å². The van der Waals surface area contributed by atoms with Crippen LogP contribution in [0.3, 0.4) is 0 Å². The standard InChI is InChI=1S/C24H31N3O5S/c1-18-6-7-20(32-18)17-25-33(30,31)21-8-9-22-19(16-21)12-15-27(22)24(29)11-10-23(28)26-13-4-2-3-5-14-26/h6-9,16,25H,2-5,10-15,17H2,1H3. The quantitative estimate of drug-likeness (QED) is 0.666. The summed E-state index contributed by atoms with van der Waals surface area (Å²) in [5, 5.41) is 0. The Kier molecular flexibility index (Phi) is 7.19. The first-order valence-electron chi connectivity index (χ1n) is 11.6. The van der Waals surface area contributed by atoms with Gasteiger partial charge in [-0.15, -0.1) is 0 Å². The molecule has 0 bridgehead atoms. The summed E-state index contributed by atoms with van der Waals surface area (Å²) in [6.45, 7) is 3.93. The molecular weight excluding hydrogens is 442 g/mol. The Hall–Kier alpha value is -2.65. The Balaban J connectivity index is 1.36. The molecule has 0 radical (unpaired) electrons. The van der Waals surface area contributed by atoms with E-state index >= 15 is 0 Å². The van der Waals surface area contributed by atoms with E-state index in [1.165, 1.54) is 6.07 Å². The second kappa shape index (κ2) is 10.1. The van der Waals surface area contributed by atoms with E-state index in [4.69, 9.17) is 4.42 Å². The number of anilines is 1. The number of aryl methyl sites for hydroxylation is 1. The van der Waals surface area contributed by atoms with E-state index < -0.39 is 10.0 Å². The number of furan rings is 1. The highest BCUT2D eigenvalue weighted by molar-refractivity contribution is 7.89. The highest BCUT2D eigenvalue weighted by atomic mass is 32.2. The van der Waals surface area contributed by atoms with Crippen LogP contribution in [0.4, 0.5) is 5.69 Å². The molecule has 2 aromatic rings. The first-order valence-corrected chi connectivity index (χ1v) is 13.1. The largest absolute Gasteiger partial charge is 0.465 e. The maximum Gasteiger partial charge on any atom is 0.240 e. The minimum absolute atomic E-state index is 0.0453. The van der Waals surface area contributed by atoms with Crippen molar-refractivity contribution in [3.63, 3.8) is 0 Å². The molecule has 0 aliphatic carbocycles. The fraction of sp³-hybridized carbons (Fsp3) is 0.500. The van der Waals surface area contributed by atoms with Crippen molar-refractivity contribution in [2.75, 3.05) is 24.5 Å². The number of carbonyl (C=O) groups excluding carboxylic acids is 2. The number of likely N-dealkylation sites (tertiary alicyclic amines) is 1. The number of nitrogens with one attached hydrogen (secondary N) is 1. The number of nitrogens with zero attached hydrogens (tertiary/aromatic N) is 2. The molecule has 0 unspecified atom stereocenters. The van der Waals surface area contributed by atoms with Gasteiger partial charge in [0.1, 0.15) is 11.5 Å². The van der Waals surface area contributed by atoms with Crippen LogP contribution in [0.2, 0.25) is 0 Å². The van der Waals surface area contributed by atoms with Gasteiger partial charge in [-0.3, -0.25) is 9.59 Å². The van der Waals surface area contributed by atoms with Gasteiger partial charge in [-0.25, -0.2) is 13.1 Å². The van der Waals surface area contributed by atoms with Crippen LogP contribution in [-0.4, -0.2) is 44.8 Å². The number of carbonyl (C=O) groups is 2. The number of sulfonamides is 1. The van der Waals surface area contributed by atoms with Gasteiger partial charge in [-0.05, 0) is 62.1 Å². The van der Waals surface area contributed by atoms with E-state index in [-0.39, 0.29) is 36.1 Å². The summed E-state index contributed by atoms with van der Waals surface area (Å²) < 4.78 is 33.4. The highest BCUT2D eigenvalue weighted by Gasteiger charge is 2.27. The summed E-state index contributed by atoms with van der Waals surface area (Å²) in [6, 6.07) is 8.35. The van der Waals surface area contributed by atoms with Gasteiger partial charge in [0.25, 0.3) is 0 Å². The summed E-state index contributed by atoms with van der Waals surface area (Å²) in [4.78, 5) is 29.0. The van der Waals surface area contributed by atoms with Gasteiger partial charge in [0, 0.05) is 38.2 Å². The lowest BCUT2D eigenvalue weighted by atomic mass is 10.2. The third kappa shape index (κ3) is 5.65. The summed E-state index contributed by atoms with van der Waals surface area (Å²) in [5.41, 5.74) is 1.54. The lowest BCUT2D eigenvalue weighted by Gasteiger charge is -2.21. The van der Waals surface area contributed by atoms with Crippen LogP contribution in [0, 0.1) is 6.92 Å². The van der Waals surface area contributed by atoms with E-state index in [0.29, 0.717) is 18.7 Å². The minimum atomic E-state index is -3.71. The molecule has 178 valence electrons. The molecule has 1 fully saturated rings. The average Bonchev–Trinajstić information content (AvgIpc) is 3.31. The highest BCUT2D eigenvalue weighted by Crippen LogP contribution is 2.31. The van der Waals surface area contributed by atoms with Crippen molar-refractivity contribution >= 4 is 27.5 Å². The molecule has 3 heterocycles. The number of benzene rings is 1. The first kappa shape index (κ1) is 23.5. The molecule has 2 aliphatic rings. The van der Waals surface area contributed by atoms with Gasteiger partial charge in [-0.2, -0.15) is 0 Å². The van der Waals surface area contributed by atoms with Crippen LogP contribution in [0.1, 0.15) is 55.6 Å². The fourth-order valence-electron chi connectivity index (χ4n) is 4.46. The van der Waals surface area contributed by atoms with Crippen molar-refractivity contribution < 1.29 is 22.4 Å². The molecule has 0 saturated carbocycles. The number of hydrogen-bond donors (Lipinski definition) is 1. The zero-order valence-corrected chi connectivity index (χ0v) is 19.8. The SMILES string of the molecule is Cc1ccc(CNS(=O)(=O)c2ccc3c(c2)CCN3C(=O)CCC(=O)N2CCCCCC2)o1. The molecule has 2 amide bonds. The smallest absolute Gasteiger partial charge is 0.240 e. The molecule has 0 atom stereocenters. The third-order valence-corrected chi connectivity index (χ3v) is 7.70. The van der Waals surface area contributed by atoms with Gasteiger partial charge in [0.05, 0.1) is 11.4 Å². The molecular formula is C24H31N3O5S. The molecule has 8 nitrogen and oxygen atoms in total. The molecule has 33 heavy (non-hydrogen) atoms. The van der Waals surface area contributed by atoms with Gasteiger partial charge in [-0.1, -0.05) is 12.8 Å². The Bertz CT molecular complexity index is 1120. The van der Waals surface area contributed by atoms with Crippen molar-refractivity contribution in [2.24, 2.45) is 0 Å². The van der Waals surface area contributed by atoms with E-state index in [1.807, 2.05) is 4.90 Å². The fourth-order valence-corrected chi connectivity index (χ4v) is 5.50. The number of rotatable bonds is 7. The predicted molar refractivity (Wildman–Crippen MR) is 124 cm³/mol. The Morgan fingerprint density at radius 1 is 0.970 bits per heavy atom. The second-order valence-electron chi connectivity index (χ2n) is 8.72. The van der Waals surface area contributed by atoms with Crippen molar-refractivity contribution in [3.8, 4) is 0 Å². The zero-order valence-electron chi connectivity index (χ0n) is 19.0. The molecule has 4 rings (SSSR count). The van der Waals surface area contributed by atoms with Gasteiger partial charge < -0.3 is 14.2 Å². The number of amides is 2. The van der Waals surface area contributed by atoms with Crippen LogP contribution >= 0.6 is 0 Å². The van der Waals surface area contributed by atoms with Gasteiger partial charge in [0.2, 0.25) is 21.8 Å². The van der Waals surface area contributed by atoms with Crippen LogP contribution in [-0.2, 0) is 32.6 Å². The summed E-state index contributed by atoms with van der Waals surface area (Å²) >= 11 is 0. The van der Waals surface area contributed by atoms with Crippen LogP contribution < -0.4 is 9.62 Å². The van der Waals surface area contributed by atoms with Gasteiger partial charge in [0.15, 0.2) is 0 Å². The minimum Gasteiger partial charge on any atom is -0.465 e. The summed E-state index contributed by atoms with van der Waals surface area (Å²) in [6.07, 6.45) is 5.33. The molecule has 1 N–H and O–H groups in total. The van der Waals surface area contributed by atoms with Crippen molar-refractivity contribution in [2.45, 2.75) is 63.3 Å². The zero-order chi connectivity index (χ0) is 23.4. The molecule has 1 aromatic heterocycles. The summed E-state index contributed by atoms with van der Waals surface area (Å²) in [7, 11) is -3.71. The Labute approximate surface area is 195 Å². The van der Waals surface area contributed by atoms with E-state index in [0.717, 1.165) is 55.8 Å². The van der Waals surface area contributed by atoms with Crippen LogP contribution in [0.15, 0.2) is 39.6 Å². The second-order valence-corrected chi connectivity index (χ2v) is 10.5. The number of fused-ring (bicyclic) bond motifs is 1. The third-order valence-electron chi connectivity index (χ3n) is 6.30. The Morgan fingerprint density at radius 2 is 1.70 bits per heavy atom. The molecule has 1 saturated heterocycles. The van der Waals surface area contributed by atoms with Crippen LogP contribution in [0.25, 0.3) is 0 Å². The average molecular weight is 474 g/mol. The lowest BCUT2D eigenvalue weighted by Crippen LogP contribution is -2.34. The van der Waals surface area contributed by atoms with Gasteiger partial charge >= 0.3 is 0 Å². The number of hydrogen-bond acceptors (Lipinski definition) is 5. The van der Waals surface area contributed by atoms with E-state index in [9.17, 15) is 18.0 Å². The van der Waals surface area contributed by atoms with Crippen molar-refractivity contribution in [1.29, 1.82) is 0 Å². The molecule has 0 spiro atoms. The molecule has 9 heteroatoms. The Morgan fingerprint density at radius 3 is 2.39 bits per heavy atom.